The minimum Gasteiger partial charge on any atom is -0.481 e. The number of carbonyl (C=O) groups excluding carboxylic acids is 14. The highest BCUT2D eigenvalue weighted by Gasteiger charge is 2.42. The van der Waals surface area contributed by atoms with Gasteiger partial charge in [-0.15, -0.1) is 0 Å². The molecule has 41 heteroatoms. The number of amides is 14. The Kier molecular flexibility index (Phi) is 63.9. The standard InChI is InChI=1S/C94H169N23O18/c1-11-14-16-18-20-22-24-26-28-30-32-34-36-47-74(118)100-51-39-38-43-69(85(127)110-70(49-50-79(123)124)91(133)117-54-42-46-73(117)88(130)114-80(63(6)7)89(131)112-72(56-66-57-99-61-105-66)84(126)104-59-77(121)113-81(64(8)9)92(134)135)109-87(129)71(55-62(4)5)111-90(132)82(65(10)13-3)115-86(128)68(45-41-53-102-94(97)98)108-76(120)58-103-83(125)67(44-40-52-101-93(95)96)107-78(122)60-106-116-75(119)48-37-35-33-31-29-27-25-23-21-19-17-15-12-2/h57,61-65,67-73,80-82,106H,11-56,58-60H2,1-10H3,(H,99,105)(H,100,118)(H,103,125)(H,104,126)(H,107,122)(H,108,120)(H,109,129)(H,110,127)(H,111,132)(H,112,131)(H,113,121)(H,114,130)(H,115,128)(H,116,119)(H,123,124)(H,134,135)(H4,95,96,101)(H4,97,98,102)/t65-,67-,68-,69-,70-,71-,72-,73-,80-,81-,82-/m0/s1. The first-order chi connectivity index (χ1) is 64.4. The molecule has 0 aliphatic carbocycles. The maximum Gasteiger partial charge on any atom is 0.326 e. The maximum atomic E-state index is 15.1. The number of aromatic amines is 1. The van der Waals surface area contributed by atoms with E-state index in [1.807, 2.05) is 0 Å². The number of hydrazine groups is 1. The largest absolute Gasteiger partial charge is 0.481 e. The molecule has 25 N–H and O–H groups in total. The molecule has 11 atom stereocenters. The van der Waals surface area contributed by atoms with Crippen molar-refractivity contribution < 1.29 is 86.9 Å². The van der Waals surface area contributed by atoms with E-state index in [2.05, 4.69) is 108 Å². The molecule has 135 heavy (non-hydrogen) atoms. The zero-order chi connectivity index (χ0) is 100. The molecule has 2 heterocycles. The van der Waals surface area contributed by atoms with E-state index in [4.69, 9.17) is 22.9 Å². The highest BCUT2D eigenvalue weighted by Crippen LogP contribution is 2.23. The lowest BCUT2D eigenvalue weighted by Gasteiger charge is -2.32. The predicted molar refractivity (Wildman–Crippen MR) is 517 cm³/mol. The summed E-state index contributed by atoms with van der Waals surface area (Å²) in [6, 6.07) is -13.9. The molecule has 14 amide bonds. The van der Waals surface area contributed by atoms with E-state index in [-0.39, 0.29) is 133 Å². The third kappa shape index (κ3) is 55.1. The maximum absolute atomic E-state index is 15.1. The topological polar surface area (TPSA) is 643 Å². The van der Waals surface area contributed by atoms with Gasteiger partial charge in [0.15, 0.2) is 11.9 Å². The van der Waals surface area contributed by atoms with Gasteiger partial charge >= 0.3 is 11.9 Å². The number of nitrogens with one attached hydrogen (secondary N) is 15. The lowest BCUT2D eigenvalue weighted by Crippen LogP contribution is -2.61. The summed E-state index contributed by atoms with van der Waals surface area (Å²) < 4.78 is 0. The molecule has 1 aromatic rings. The highest BCUT2D eigenvalue weighted by molar-refractivity contribution is 6.00. The van der Waals surface area contributed by atoms with E-state index in [0.717, 1.165) is 56.3 Å². The average Bonchev–Trinajstić information content (AvgIpc) is 1.71. The minimum absolute atomic E-state index is 0.00325. The van der Waals surface area contributed by atoms with Crippen LogP contribution >= 0.6 is 0 Å². The third-order valence-corrected chi connectivity index (χ3v) is 23.7. The first-order valence-corrected chi connectivity index (χ1v) is 49.8. The Labute approximate surface area is 799 Å². The first kappa shape index (κ1) is 120. The monoisotopic (exact) mass is 1910 g/mol. The van der Waals surface area contributed by atoms with Crippen LogP contribution in [0.3, 0.4) is 0 Å². The molecule has 41 nitrogen and oxygen atoms in total. The highest BCUT2D eigenvalue weighted by atomic mass is 16.4. The summed E-state index contributed by atoms with van der Waals surface area (Å²) in [5.41, 5.74) is 27.8. The fourth-order valence-electron chi connectivity index (χ4n) is 15.7. The van der Waals surface area contributed by atoms with Gasteiger partial charge in [-0.3, -0.25) is 87.3 Å². The van der Waals surface area contributed by atoms with E-state index in [1.165, 1.54) is 115 Å². The number of guanidine groups is 2. The zero-order valence-electron chi connectivity index (χ0n) is 82.4. The van der Waals surface area contributed by atoms with Crippen LogP contribution < -0.4 is 97.6 Å². The number of imidazole rings is 1. The Morgan fingerprint density at radius 2 is 0.867 bits per heavy atom. The molecule has 1 saturated heterocycles. The third-order valence-electron chi connectivity index (χ3n) is 23.7. The molecule has 0 saturated carbocycles. The summed E-state index contributed by atoms with van der Waals surface area (Å²) in [6.07, 6.45) is 32.9. The number of hydrogen-bond donors (Lipinski definition) is 21. The van der Waals surface area contributed by atoms with Gasteiger partial charge in [-0.05, 0) is 107 Å². The van der Waals surface area contributed by atoms with Crippen LogP contribution in [0.1, 0.15) is 338 Å². The number of carboxylic acids is 2. The van der Waals surface area contributed by atoms with Crippen molar-refractivity contribution in [2.75, 3.05) is 45.8 Å². The van der Waals surface area contributed by atoms with Crippen LogP contribution in [0.25, 0.3) is 0 Å². The lowest BCUT2D eigenvalue weighted by atomic mass is 9.96. The summed E-state index contributed by atoms with van der Waals surface area (Å²) in [4.78, 5) is 238. The Bertz CT molecular complexity index is 3770. The number of aliphatic imine (C=N–C) groups is 2. The molecule has 0 spiro atoms. The van der Waals surface area contributed by atoms with E-state index in [9.17, 15) is 72.5 Å². The fraction of sp³-hybridized carbons (Fsp3) is 0.777. The van der Waals surface area contributed by atoms with Crippen molar-refractivity contribution in [1.82, 2.24) is 89.5 Å². The van der Waals surface area contributed by atoms with E-state index < -0.39 is 193 Å². The molecular weight excluding hydrogens is 1740 g/mol. The summed E-state index contributed by atoms with van der Waals surface area (Å²) >= 11 is 0. The number of carbonyl (C=O) groups is 16. The van der Waals surface area contributed by atoms with Gasteiger partial charge in [-0.1, -0.05) is 230 Å². The van der Waals surface area contributed by atoms with Gasteiger partial charge in [-0.25, -0.2) is 15.2 Å². The van der Waals surface area contributed by atoms with Crippen molar-refractivity contribution >= 4 is 107 Å². The number of H-pyrrole nitrogens is 1. The smallest absolute Gasteiger partial charge is 0.326 e. The van der Waals surface area contributed by atoms with Crippen LogP contribution in [-0.4, -0.2) is 238 Å². The van der Waals surface area contributed by atoms with E-state index >= 15 is 14.4 Å². The van der Waals surface area contributed by atoms with Crippen molar-refractivity contribution in [3.8, 4) is 0 Å². The summed E-state index contributed by atoms with van der Waals surface area (Å²) in [7, 11) is 0. The quantitative estimate of drug-likeness (QED) is 0.0179. The molecule has 1 fully saturated rings. The Morgan fingerprint density at radius 3 is 1.35 bits per heavy atom. The molecule has 1 aliphatic heterocycles. The molecule has 0 bridgehead atoms. The number of aromatic nitrogens is 2. The van der Waals surface area contributed by atoms with Gasteiger partial charge in [0, 0.05) is 63.8 Å². The van der Waals surface area contributed by atoms with Gasteiger partial charge in [0.05, 0.1) is 26.0 Å². The van der Waals surface area contributed by atoms with Crippen molar-refractivity contribution in [2.45, 2.75) is 399 Å². The number of rotatable bonds is 78. The van der Waals surface area contributed by atoms with Gasteiger partial charge in [0.25, 0.3) is 0 Å². The van der Waals surface area contributed by atoms with Crippen LogP contribution in [-0.2, 0) is 83.1 Å². The molecular formula is C94H169N23O18. The average molecular weight is 1910 g/mol. The second kappa shape index (κ2) is 71.7. The SMILES string of the molecule is CCCCCCCCCCCCCCCC(=O)NCCCC[C@H](NC(=O)[C@H](CC(C)C)NC(=O)[C@@H](NC(=O)[C@H](CCCN=C(N)N)NC(=O)CNC(=O)[C@H](CCCN=C(N)N)NC(=O)CNNC(=O)CCCCCCCCCCCCCCC)[C@@H](C)CC)C(=O)N[C@@H](CCC(=O)O)C(=O)N1CCC[C@H]1C(=O)N[C@H](C(=O)N[C@@H](Cc1cnc[nH]1)C(=O)NCC(=O)N[C@H](C(=O)O)C(C)C)C(C)C. The van der Waals surface area contributed by atoms with Gasteiger partial charge in [0.2, 0.25) is 82.7 Å². The number of aliphatic carboxylic acids is 2. The lowest BCUT2D eigenvalue weighted by molar-refractivity contribution is -0.144. The van der Waals surface area contributed by atoms with Crippen LogP contribution in [0, 0.1) is 23.7 Å². The Morgan fingerprint density at radius 1 is 0.430 bits per heavy atom. The zero-order valence-corrected chi connectivity index (χ0v) is 82.4. The number of unbranched alkanes of at least 4 members (excludes halogenated alkanes) is 25. The normalized spacial score (nSPS) is 14.6. The van der Waals surface area contributed by atoms with Crippen molar-refractivity contribution in [2.24, 2.45) is 56.6 Å². The number of nitrogens with zero attached hydrogens (tertiary/aromatic N) is 4. The Hall–Kier alpha value is -10.8. The molecule has 1 aliphatic rings. The van der Waals surface area contributed by atoms with Gasteiger partial charge < -0.3 is 107 Å². The van der Waals surface area contributed by atoms with Crippen LogP contribution in [0.5, 0.6) is 0 Å². The fourth-order valence-corrected chi connectivity index (χ4v) is 15.7. The van der Waals surface area contributed by atoms with Crippen molar-refractivity contribution in [1.29, 1.82) is 0 Å². The summed E-state index contributed by atoms with van der Waals surface area (Å²) in [6.45, 7) is 16.2. The number of likely N-dealkylation sites (tertiary alicyclic amines) is 1. The number of hydrogen-bond acceptors (Lipinski definition) is 20. The van der Waals surface area contributed by atoms with Crippen molar-refractivity contribution in [3.63, 3.8) is 0 Å². The molecule has 0 aromatic carbocycles. The summed E-state index contributed by atoms with van der Waals surface area (Å²) in [5, 5.41) is 51.5. The van der Waals surface area contributed by atoms with Gasteiger partial charge in [0.1, 0.15) is 60.4 Å². The number of nitrogens with two attached hydrogens (primary N) is 4. The van der Waals surface area contributed by atoms with E-state index in [0.29, 0.717) is 31.4 Å². The summed E-state index contributed by atoms with van der Waals surface area (Å²) in [5.74, 6) is -15.8. The van der Waals surface area contributed by atoms with Gasteiger partial charge in [-0.2, -0.15) is 0 Å². The van der Waals surface area contributed by atoms with Crippen LogP contribution in [0.2, 0.25) is 0 Å². The second-order valence-electron chi connectivity index (χ2n) is 36.8. The molecule has 2 rings (SSSR count). The predicted octanol–water partition coefficient (Wildman–Crippen LogP) is 4.87. The minimum atomic E-state index is -1.64. The first-order valence-electron chi connectivity index (χ1n) is 49.8. The van der Waals surface area contributed by atoms with Crippen LogP contribution in [0.15, 0.2) is 22.5 Å². The van der Waals surface area contributed by atoms with Crippen LogP contribution in [0.4, 0.5) is 0 Å². The van der Waals surface area contributed by atoms with E-state index in [1.54, 1.807) is 55.4 Å². The molecule has 0 unspecified atom stereocenters. The molecule has 0 radical (unpaired) electrons. The molecule has 768 valence electrons. The Balaban J connectivity index is 2.48. The van der Waals surface area contributed by atoms with Crippen molar-refractivity contribution in [3.05, 3.63) is 18.2 Å². The number of carboxylic acid groups (broad SMARTS) is 2. The molecule has 1 aromatic heterocycles. The second-order valence-corrected chi connectivity index (χ2v) is 36.8.